The predicted octanol–water partition coefficient (Wildman–Crippen LogP) is 4.99. The van der Waals surface area contributed by atoms with Crippen LogP contribution in [0, 0.1) is 0 Å². The SMILES string of the molecule is CCOc1ccccc1Nc1nccc(C(=O)Nc2ccc(C(C)C)cc2)n1. The first-order valence-electron chi connectivity index (χ1n) is 9.30. The molecule has 0 radical (unpaired) electrons. The van der Waals surface area contributed by atoms with E-state index in [9.17, 15) is 4.79 Å². The van der Waals surface area contributed by atoms with E-state index in [2.05, 4.69) is 34.4 Å². The van der Waals surface area contributed by atoms with E-state index in [1.807, 2.05) is 55.5 Å². The lowest BCUT2D eigenvalue weighted by Crippen LogP contribution is -2.15. The van der Waals surface area contributed by atoms with Crippen LogP contribution >= 0.6 is 0 Å². The molecule has 0 saturated heterocycles. The topological polar surface area (TPSA) is 76.1 Å². The minimum Gasteiger partial charge on any atom is -0.492 e. The molecule has 2 aromatic carbocycles. The Morgan fingerprint density at radius 2 is 1.82 bits per heavy atom. The van der Waals surface area contributed by atoms with Crippen LogP contribution in [0.4, 0.5) is 17.3 Å². The highest BCUT2D eigenvalue weighted by Crippen LogP contribution is 2.26. The van der Waals surface area contributed by atoms with Crippen LogP contribution < -0.4 is 15.4 Å². The number of hydrogen-bond acceptors (Lipinski definition) is 5. The van der Waals surface area contributed by atoms with E-state index in [1.165, 1.54) is 5.56 Å². The van der Waals surface area contributed by atoms with Gasteiger partial charge in [-0.2, -0.15) is 0 Å². The van der Waals surface area contributed by atoms with Gasteiger partial charge in [-0.3, -0.25) is 4.79 Å². The Kier molecular flexibility index (Phi) is 6.22. The van der Waals surface area contributed by atoms with Gasteiger partial charge in [-0.05, 0) is 48.7 Å². The molecule has 0 spiro atoms. The molecule has 1 heterocycles. The van der Waals surface area contributed by atoms with E-state index in [0.717, 1.165) is 11.4 Å². The normalized spacial score (nSPS) is 10.6. The zero-order chi connectivity index (χ0) is 19.9. The van der Waals surface area contributed by atoms with Crippen molar-refractivity contribution in [2.45, 2.75) is 26.7 Å². The smallest absolute Gasteiger partial charge is 0.274 e. The summed E-state index contributed by atoms with van der Waals surface area (Å²) in [7, 11) is 0. The van der Waals surface area contributed by atoms with Crippen LogP contribution in [0.2, 0.25) is 0 Å². The minimum atomic E-state index is -0.291. The molecule has 0 atom stereocenters. The van der Waals surface area contributed by atoms with E-state index in [-0.39, 0.29) is 11.6 Å². The van der Waals surface area contributed by atoms with Gasteiger partial charge in [0.05, 0.1) is 12.3 Å². The molecule has 0 aliphatic carbocycles. The van der Waals surface area contributed by atoms with Crippen molar-refractivity contribution < 1.29 is 9.53 Å². The fourth-order valence-electron chi connectivity index (χ4n) is 2.66. The molecule has 6 nitrogen and oxygen atoms in total. The molecule has 6 heteroatoms. The number of amides is 1. The van der Waals surface area contributed by atoms with Crippen LogP contribution in [0.25, 0.3) is 0 Å². The second-order valence-corrected chi connectivity index (χ2v) is 6.55. The zero-order valence-corrected chi connectivity index (χ0v) is 16.3. The molecule has 144 valence electrons. The fraction of sp³-hybridized carbons (Fsp3) is 0.227. The lowest BCUT2D eigenvalue weighted by Gasteiger charge is -2.12. The van der Waals surface area contributed by atoms with Gasteiger partial charge in [0.25, 0.3) is 5.91 Å². The monoisotopic (exact) mass is 376 g/mol. The van der Waals surface area contributed by atoms with Crippen molar-refractivity contribution >= 4 is 23.2 Å². The number of nitrogens with zero attached hydrogens (tertiary/aromatic N) is 2. The Labute approximate surface area is 165 Å². The molecule has 1 amide bonds. The molecule has 0 aliphatic heterocycles. The molecule has 28 heavy (non-hydrogen) atoms. The van der Waals surface area contributed by atoms with E-state index >= 15 is 0 Å². The molecule has 0 fully saturated rings. The van der Waals surface area contributed by atoms with Crippen LogP contribution in [0.15, 0.2) is 60.8 Å². The fourth-order valence-corrected chi connectivity index (χ4v) is 2.66. The molecule has 2 N–H and O–H groups in total. The van der Waals surface area contributed by atoms with Crippen LogP contribution in [0.3, 0.4) is 0 Å². The Bertz CT molecular complexity index is 939. The first kappa shape index (κ1) is 19.4. The summed E-state index contributed by atoms with van der Waals surface area (Å²) >= 11 is 0. The molecular formula is C22H24N4O2. The Balaban J connectivity index is 1.73. The van der Waals surface area contributed by atoms with E-state index in [0.29, 0.717) is 24.2 Å². The number of benzene rings is 2. The molecule has 0 saturated carbocycles. The van der Waals surface area contributed by atoms with Crippen molar-refractivity contribution in [3.05, 3.63) is 72.1 Å². The third-order valence-corrected chi connectivity index (χ3v) is 4.16. The van der Waals surface area contributed by atoms with Gasteiger partial charge in [0.15, 0.2) is 0 Å². The summed E-state index contributed by atoms with van der Waals surface area (Å²) in [5.74, 6) is 1.18. The number of carbonyl (C=O) groups excluding carboxylic acids is 1. The molecule has 3 rings (SSSR count). The molecule has 1 aromatic heterocycles. The number of para-hydroxylation sites is 2. The Hall–Kier alpha value is -3.41. The number of hydrogen-bond donors (Lipinski definition) is 2. The highest BCUT2D eigenvalue weighted by atomic mass is 16.5. The highest BCUT2D eigenvalue weighted by molar-refractivity contribution is 6.03. The number of nitrogens with one attached hydrogen (secondary N) is 2. The quantitative estimate of drug-likeness (QED) is 0.607. The Morgan fingerprint density at radius 3 is 2.54 bits per heavy atom. The summed E-state index contributed by atoms with van der Waals surface area (Å²) < 4.78 is 5.59. The van der Waals surface area contributed by atoms with Gasteiger partial charge in [-0.1, -0.05) is 38.1 Å². The summed E-state index contributed by atoms with van der Waals surface area (Å²) in [5, 5.41) is 5.97. The van der Waals surface area contributed by atoms with Crippen molar-refractivity contribution in [3.63, 3.8) is 0 Å². The van der Waals surface area contributed by atoms with Gasteiger partial charge in [0, 0.05) is 11.9 Å². The van der Waals surface area contributed by atoms with Crippen LogP contribution in [-0.4, -0.2) is 22.5 Å². The van der Waals surface area contributed by atoms with E-state index < -0.39 is 0 Å². The molecule has 0 aliphatic rings. The maximum absolute atomic E-state index is 12.6. The lowest BCUT2D eigenvalue weighted by molar-refractivity contribution is 0.102. The van der Waals surface area contributed by atoms with Crippen molar-refractivity contribution in [1.82, 2.24) is 9.97 Å². The highest BCUT2D eigenvalue weighted by Gasteiger charge is 2.11. The average molecular weight is 376 g/mol. The zero-order valence-electron chi connectivity index (χ0n) is 16.3. The largest absolute Gasteiger partial charge is 0.492 e. The molecule has 3 aromatic rings. The average Bonchev–Trinajstić information content (AvgIpc) is 2.70. The summed E-state index contributed by atoms with van der Waals surface area (Å²) in [4.78, 5) is 21.1. The van der Waals surface area contributed by atoms with E-state index in [4.69, 9.17) is 4.74 Å². The molecular weight excluding hydrogens is 352 g/mol. The number of ether oxygens (including phenoxy) is 1. The van der Waals surface area contributed by atoms with E-state index in [1.54, 1.807) is 12.3 Å². The lowest BCUT2D eigenvalue weighted by atomic mass is 10.0. The van der Waals surface area contributed by atoms with Gasteiger partial charge in [0.2, 0.25) is 5.95 Å². The molecule has 0 unspecified atom stereocenters. The predicted molar refractivity (Wildman–Crippen MR) is 111 cm³/mol. The Morgan fingerprint density at radius 1 is 1.07 bits per heavy atom. The summed E-state index contributed by atoms with van der Waals surface area (Å²) in [6.07, 6.45) is 1.55. The summed E-state index contributed by atoms with van der Waals surface area (Å²) in [6, 6.07) is 16.9. The number of anilines is 3. The summed E-state index contributed by atoms with van der Waals surface area (Å²) in [5.41, 5.74) is 2.97. The van der Waals surface area contributed by atoms with Crippen molar-refractivity contribution in [1.29, 1.82) is 0 Å². The van der Waals surface area contributed by atoms with Gasteiger partial charge in [0.1, 0.15) is 11.4 Å². The maximum atomic E-state index is 12.6. The number of aromatic nitrogens is 2. The third kappa shape index (κ3) is 4.85. The number of carbonyl (C=O) groups is 1. The van der Waals surface area contributed by atoms with Gasteiger partial charge in [-0.15, -0.1) is 0 Å². The standard InChI is InChI=1S/C22H24N4O2/c1-4-28-20-8-6-5-7-18(20)25-22-23-14-13-19(26-22)21(27)24-17-11-9-16(10-12-17)15(2)3/h5-15H,4H2,1-3H3,(H,24,27)(H,23,25,26). The number of rotatable bonds is 7. The summed E-state index contributed by atoms with van der Waals surface area (Å²) in [6.45, 7) is 6.74. The van der Waals surface area contributed by atoms with Crippen molar-refractivity contribution in [3.8, 4) is 5.75 Å². The third-order valence-electron chi connectivity index (χ3n) is 4.16. The van der Waals surface area contributed by atoms with Crippen LogP contribution in [-0.2, 0) is 0 Å². The van der Waals surface area contributed by atoms with Crippen molar-refractivity contribution in [2.75, 3.05) is 17.2 Å². The van der Waals surface area contributed by atoms with Crippen LogP contribution in [0.5, 0.6) is 5.75 Å². The van der Waals surface area contributed by atoms with Gasteiger partial charge >= 0.3 is 0 Å². The first-order valence-corrected chi connectivity index (χ1v) is 9.30. The van der Waals surface area contributed by atoms with Gasteiger partial charge in [-0.25, -0.2) is 9.97 Å². The van der Waals surface area contributed by atoms with Crippen LogP contribution in [0.1, 0.15) is 42.7 Å². The van der Waals surface area contributed by atoms with Gasteiger partial charge < -0.3 is 15.4 Å². The minimum absolute atomic E-state index is 0.277. The molecule has 0 bridgehead atoms. The second kappa shape index (κ2) is 8.99. The first-order chi connectivity index (χ1) is 13.6. The van der Waals surface area contributed by atoms with Crippen molar-refractivity contribution in [2.24, 2.45) is 0 Å². The maximum Gasteiger partial charge on any atom is 0.274 e. The second-order valence-electron chi connectivity index (χ2n) is 6.55.